The van der Waals surface area contributed by atoms with Gasteiger partial charge in [0.05, 0.1) is 0 Å². The van der Waals surface area contributed by atoms with E-state index in [1.807, 2.05) is 48.0 Å². The zero-order valence-corrected chi connectivity index (χ0v) is 11.4. The minimum Gasteiger partial charge on any atom is -0.352 e. The summed E-state index contributed by atoms with van der Waals surface area (Å²) in [5.41, 5.74) is 1.06. The standard InChI is InChI=1S/C13H17N3OS/c1-11(10-18(2)17)15-13-14-8-9-16(13)12-6-4-3-5-7-12/h3-9,11H,10H2,1-2H3,(H,14,15). The first-order chi connectivity index (χ1) is 8.66. The van der Waals surface area contributed by atoms with Gasteiger partial charge < -0.3 is 5.32 Å². The highest BCUT2D eigenvalue weighted by Gasteiger charge is 2.09. The van der Waals surface area contributed by atoms with Gasteiger partial charge >= 0.3 is 0 Å². The first kappa shape index (κ1) is 12.8. The lowest BCUT2D eigenvalue weighted by Crippen LogP contribution is -2.24. The molecule has 2 rings (SSSR count). The number of nitrogens with zero attached hydrogens (tertiary/aromatic N) is 2. The molecular formula is C13H17N3OS. The van der Waals surface area contributed by atoms with E-state index in [0.29, 0.717) is 5.75 Å². The van der Waals surface area contributed by atoms with Crippen molar-refractivity contribution in [3.8, 4) is 5.69 Å². The van der Waals surface area contributed by atoms with Crippen molar-refractivity contribution >= 4 is 16.7 Å². The molecule has 0 spiro atoms. The minimum absolute atomic E-state index is 0.126. The Bertz CT molecular complexity index is 524. The second-order valence-electron chi connectivity index (χ2n) is 4.24. The molecule has 1 aromatic carbocycles. The van der Waals surface area contributed by atoms with Gasteiger partial charge in [-0.3, -0.25) is 8.78 Å². The van der Waals surface area contributed by atoms with Gasteiger partial charge in [-0.15, -0.1) is 0 Å². The Morgan fingerprint density at radius 3 is 2.78 bits per heavy atom. The van der Waals surface area contributed by atoms with E-state index in [1.54, 1.807) is 12.5 Å². The molecule has 0 aliphatic rings. The molecule has 2 atom stereocenters. The molecule has 2 unspecified atom stereocenters. The van der Waals surface area contributed by atoms with Crippen LogP contribution in [0, 0.1) is 0 Å². The van der Waals surface area contributed by atoms with Crippen LogP contribution in [-0.4, -0.2) is 31.8 Å². The van der Waals surface area contributed by atoms with Crippen LogP contribution in [0.5, 0.6) is 0 Å². The second-order valence-corrected chi connectivity index (χ2v) is 5.72. The summed E-state index contributed by atoms with van der Waals surface area (Å²) in [5, 5.41) is 3.28. The van der Waals surface area contributed by atoms with Crippen LogP contribution >= 0.6 is 0 Å². The van der Waals surface area contributed by atoms with E-state index in [1.165, 1.54) is 0 Å². The van der Waals surface area contributed by atoms with Crippen LogP contribution in [0.25, 0.3) is 5.69 Å². The minimum atomic E-state index is -0.808. The van der Waals surface area contributed by atoms with Crippen molar-refractivity contribution < 1.29 is 4.21 Å². The average Bonchev–Trinajstić information content (AvgIpc) is 2.77. The van der Waals surface area contributed by atoms with Gasteiger partial charge in [0, 0.05) is 46.9 Å². The Morgan fingerprint density at radius 1 is 1.39 bits per heavy atom. The Kier molecular flexibility index (Phi) is 4.15. The largest absolute Gasteiger partial charge is 0.352 e. The summed E-state index contributed by atoms with van der Waals surface area (Å²) in [7, 11) is -0.808. The maximum absolute atomic E-state index is 11.2. The van der Waals surface area contributed by atoms with Gasteiger partial charge in [-0.1, -0.05) is 18.2 Å². The lowest BCUT2D eigenvalue weighted by molar-refractivity contribution is 0.682. The smallest absolute Gasteiger partial charge is 0.207 e. The normalized spacial score (nSPS) is 14.1. The number of hydrogen-bond donors (Lipinski definition) is 1. The summed E-state index contributed by atoms with van der Waals surface area (Å²) < 4.78 is 13.2. The van der Waals surface area contributed by atoms with E-state index >= 15 is 0 Å². The average molecular weight is 263 g/mol. The summed E-state index contributed by atoms with van der Waals surface area (Å²) in [4.78, 5) is 4.29. The van der Waals surface area contributed by atoms with Gasteiger partial charge in [0.25, 0.3) is 0 Å². The van der Waals surface area contributed by atoms with Gasteiger partial charge in [0.1, 0.15) is 0 Å². The van der Waals surface area contributed by atoms with E-state index in [9.17, 15) is 4.21 Å². The molecule has 18 heavy (non-hydrogen) atoms. The Hall–Kier alpha value is -1.62. The molecule has 0 radical (unpaired) electrons. The lowest BCUT2D eigenvalue weighted by atomic mass is 10.3. The van der Waals surface area contributed by atoms with Crippen molar-refractivity contribution in [1.82, 2.24) is 9.55 Å². The number of anilines is 1. The van der Waals surface area contributed by atoms with Crippen molar-refractivity contribution in [2.45, 2.75) is 13.0 Å². The molecule has 1 aromatic heterocycles. The zero-order chi connectivity index (χ0) is 13.0. The molecule has 1 heterocycles. The fourth-order valence-corrected chi connectivity index (χ4v) is 2.61. The Balaban J connectivity index is 2.16. The first-order valence-electron chi connectivity index (χ1n) is 5.82. The van der Waals surface area contributed by atoms with Gasteiger partial charge in [-0.25, -0.2) is 4.98 Å². The van der Waals surface area contributed by atoms with Crippen molar-refractivity contribution in [3.05, 3.63) is 42.7 Å². The zero-order valence-electron chi connectivity index (χ0n) is 10.5. The summed E-state index contributed by atoms with van der Waals surface area (Å²) in [6.07, 6.45) is 5.38. The molecule has 2 aromatic rings. The van der Waals surface area contributed by atoms with E-state index in [-0.39, 0.29) is 6.04 Å². The molecule has 4 nitrogen and oxygen atoms in total. The van der Waals surface area contributed by atoms with Gasteiger partial charge in [-0.2, -0.15) is 0 Å². The maximum atomic E-state index is 11.2. The van der Waals surface area contributed by atoms with E-state index in [0.717, 1.165) is 11.6 Å². The van der Waals surface area contributed by atoms with Crippen molar-refractivity contribution in [1.29, 1.82) is 0 Å². The SMILES string of the molecule is CC(CS(C)=O)Nc1nccn1-c1ccccc1. The molecule has 0 saturated carbocycles. The third kappa shape index (κ3) is 3.20. The number of aromatic nitrogens is 2. The van der Waals surface area contributed by atoms with E-state index < -0.39 is 10.8 Å². The highest BCUT2D eigenvalue weighted by Crippen LogP contribution is 2.14. The topological polar surface area (TPSA) is 46.9 Å². The van der Waals surface area contributed by atoms with Gasteiger partial charge in [-0.05, 0) is 19.1 Å². The van der Waals surface area contributed by atoms with Crippen LogP contribution in [0.4, 0.5) is 5.95 Å². The number of rotatable bonds is 5. The van der Waals surface area contributed by atoms with Crippen LogP contribution in [0.15, 0.2) is 42.7 Å². The van der Waals surface area contributed by atoms with Crippen LogP contribution < -0.4 is 5.32 Å². The monoisotopic (exact) mass is 263 g/mol. The number of benzene rings is 1. The molecule has 0 fully saturated rings. The molecular weight excluding hydrogens is 246 g/mol. The number of nitrogens with one attached hydrogen (secondary N) is 1. The molecule has 0 amide bonds. The summed E-state index contributed by atoms with van der Waals surface area (Å²) in [6.45, 7) is 2.01. The molecule has 0 saturated heterocycles. The molecule has 96 valence electrons. The molecule has 0 bridgehead atoms. The second kappa shape index (κ2) is 5.82. The van der Waals surface area contributed by atoms with Gasteiger partial charge in [0.15, 0.2) is 0 Å². The maximum Gasteiger partial charge on any atom is 0.207 e. The number of hydrogen-bond acceptors (Lipinski definition) is 3. The van der Waals surface area contributed by atoms with E-state index in [4.69, 9.17) is 0 Å². The van der Waals surface area contributed by atoms with Crippen LogP contribution in [-0.2, 0) is 10.8 Å². The predicted octanol–water partition coefficient (Wildman–Crippen LogP) is 2.05. The molecule has 0 aliphatic heterocycles. The highest BCUT2D eigenvalue weighted by atomic mass is 32.2. The van der Waals surface area contributed by atoms with Crippen LogP contribution in [0.2, 0.25) is 0 Å². The Morgan fingerprint density at radius 2 is 2.11 bits per heavy atom. The third-order valence-corrected chi connectivity index (χ3v) is 3.50. The van der Waals surface area contributed by atoms with Crippen LogP contribution in [0.1, 0.15) is 6.92 Å². The molecule has 5 heteroatoms. The first-order valence-corrected chi connectivity index (χ1v) is 7.55. The Labute approximate surface area is 110 Å². The van der Waals surface area contributed by atoms with Gasteiger partial charge in [0.2, 0.25) is 5.95 Å². The summed E-state index contributed by atoms with van der Waals surface area (Å²) >= 11 is 0. The summed E-state index contributed by atoms with van der Waals surface area (Å²) in [6, 6.07) is 10.1. The number of imidazole rings is 1. The predicted molar refractivity (Wildman–Crippen MR) is 75.6 cm³/mol. The van der Waals surface area contributed by atoms with E-state index in [2.05, 4.69) is 10.3 Å². The van der Waals surface area contributed by atoms with Crippen LogP contribution in [0.3, 0.4) is 0 Å². The third-order valence-electron chi connectivity index (χ3n) is 2.54. The number of para-hydroxylation sites is 1. The summed E-state index contributed by atoms with van der Waals surface area (Å²) in [5.74, 6) is 1.39. The molecule has 1 N–H and O–H groups in total. The van der Waals surface area contributed by atoms with Crippen molar-refractivity contribution in [2.75, 3.05) is 17.3 Å². The fraction of sp³-hybridized carbons (Fsp3) is 0.308. The lowest BCUT2D eigenvalue weighted by Gasteiger charge is -2.14. The van der Waals surface area contributed by atoms with Crippen molar-refractivity contribution in [3.63, 3.8) is 0 Å². The quantitative estimate of drug-likeness (QED) is 0.898. The van der Waals surface area contributed by atoms with Crippen molar-refractivity contribution in [2.24, 2.45) is 0 Å². The molecule has 0 aliphatic carbocycles. The highest BCUT2D eigenvalue weighted by molar-refractivity contribution is 7.84. The fourth-order valence-electron chi connectivity index (χ4n) is 1.82.